The van der Waals surface area contributed by atoms with Gasteiger partial charge in [0.1, 0.15) is 0 Å². The smallest absolute Gasteiger partial charge is 0.220 e. The maximum Gasteiger partial charge on any atom is 0.220 e. The lowest BCUT2D eigenvalue weighted by Crippen LogP contribution is -2.21. The fraction of sp³-hybridized carbons (Fsp3) is 0.300. The molecule has 0 unspecified atom stereocenters. The molecule has 0 aliphatic rings. The van der Waals surface area contributed by atoms with Gasteiger partial charge in [-0.1, -0.05) is 6.08 Å². The molecule has 0 spiro atoms. The molecule has 0 radical (unpaired) electrons. The van der Waals surface area contributed by atoms with Crippen molar-refractivity contribution in [2.75, 3.05) is 0 Å². The van der Waals surface area contributed by atoms with Crippen LogP contribution in [0.15, 0.2) is 28.6 Å². The third-order valence-corrected chi connectivity index (χ3v) is 3.64. The molecule has 1 N–H and O–H groups in total. The lowest BCUT2D eigenvalue weighted by Gasteiger charge is -2.02. The Morgan fingerprint density at radius 2 is 2.50 bits per heavy atom. The molecule has 1 amide bonds. The van der Waals surface area contributed by atoms with Crippen LogP contribution < -0.4 is 5.32 Å². The Balaban J connectivity index is 2.30. The number of nitrogens with one attached hydrogen (secondary N) is 1. The summed E-state index contributed by atoms with van der Waals surface area (Å²) in [6.07, 6.45) is 3.00. The zero-order valence-electron chi connectivity index (χ0n) is 7.75. The van der Waals surface area contributed by atoms with Gasteiger partial charge in [-0.05, 0) is 33.8 Å². The molecule has 0 aliphatic heterocycles. The van der Waals surface area contributed by atoms with Gasteiger partial charge < -0.3 is 5.32 Å². The first-order valence-electron chi connectivity index (χ1n) is 4.33. The average Bonchev–Trinajstić information content (AvgIpc) is 2.58. The van der Waals surface area contributed by atoms with Gasteiger partial charge in [0.15, 0.2) is 0 Å². The van der Waals surface area contributed by atoms with E-state index in [1.165, 1.54) is 0 Å². The zero-order chi connectivity index (χ0) is 10.4. The van der Waals surface area contributed by atoms with Crippen LogP contribution in [0.2, 0.25) is 0 Å². The second-order valence-electron chi connectivity index (χ2n) is 2.80. The van der Waals surface area contributed by atoms with E-state index in [1.54, 1.807) is 17.4 Å². The van der Waals surface area contributed by atoms with Gasteiger partial charge >= 0.3 is 0 Å². The molecule has 1 aromatic rings. The van der Waals surface area contributed by atoms with Crippen LogP contribution in [-0.2, 0) is 11.3 Å². The molecule has 14 heavy (non-hydrogen) atoms. The van der Waals surface area contributed by atoms with Gasteiger partial charge in [-0.25, -0.2) is 0 Å². The number of carbonyl (C=O) groups is 1. The summed E-state index contributed by atoms with van der Waals surface area (Å²) < 4.78 is 1.06. The highest BCUT2D eigenvalue weighted by Crippen LogP contribution is 2.22. The normalized spacial score (nSPS) is 9.79. The maximum absolute atomic E-state index is 11.2. The number of carbonyl (C=O) groups excluding carboxylic acids is 1. The van der Waals surface area contributed by atoms with Gasteiger partial charge in [0.05, 0.1) is 6.54 Å². The predicted molar refractivity (Wildman–Crippen MR) is 63.3 cm³/mol. The van der Waals surface area contributed by atoms with E-state index in [0.717, 1.165) is 15.8 Å². The highest BCUT2D eigenvalue weighted by atomic mass is 79.9. The molecule has 0 aromatic carbocycles. The van der Waals surface area contributed by atoms with Crippen molar-refractivity contribution in [3.8, 4) is 0 Å². The number of allylic oxidation sites excluding steroid dienone is 1. The van der Waals surface area contributed by atoms with Crippen molar-refractivity contribution in [3.05, 3.63) is 33.5 Å². The molecule has 1 heterocycles. The van der Waals surface area contributed by atoms with Crippen LogP contribution in [0, 0.1) is 0 Å². The van der Waals surface area contributed by atoms with Crippen LogP contribution >= 0.6 is 27.3 Å². The third kappa shape index (κ3) is 3.64. The summed E-state index contributed by atoms with van der Waals surface area (Å²) in [4.78, 5) is 12.4. The van der Waals surface area contributed by atoms with Gasteiger partial charge in [0, 0.05) is 15.8 Å². The topological polar surface area (TPSA) is 29.1 Å². The number of amides is 1. The Labute approximate surface area is 96.2 Å². The molecule has 1 rings (SSSR count). The van der Waals surface area contributed by atoms with Gasteiger partial charge in [-0.2, -0.15) is 0 Å². The standard InChI is InChI=1S/C10H12BrNOS/c1-2-3-4-10(13)12-7-9-8(11)5-6-14-9/h2,5-6H,1,3-4,7H2,(H,12,13). The van der Waals surface area contributed by atoms with Gasteiger partial charge in [0.2, 0.25) is 5.91 Å². The van der Waals surface area contributed by atoms with Crippen molar-refractivity contribution in [3.63, 3.8) is 0 Å². The van der Waals surface area contributed by atoms with Crippen LogP contribution in [0.3, 0.4) is 0 Å². The highest BCUT2D eigenvalue weighted by Gasteiger charge is 2.03. The van der Waals surface area contributed by atoms with E-state index in [4.69, 9.17) is 0 Å². The van der Waals surface area contributed by atoms with Crippen LogP contribution in [-0.4, -0.2) is 5.91 Å². The summed E-state index contributed by atoms with van der Waals surface area (Å²) >= 11 is 5.05. The third-order valence-electron chi connectivity index (χ3n) is 1.71. The maximum atomic E-state index is 11.2. The Bertz CT molecular complexity index is 322. The van der Waals surface area contributed by atoms with E-state index >= 15 is 0 Å². The first-order chi connectivity index (χ1) is 6.74. The van der Waals surface area contributed by atoms with E-state index in [-0.39, 0.29) is 5.91 Å². The molecular weight excluding hydrogens is 262 g/mol. The number of hydrogen-bond donors (Lipinski definition) is 1. The fourth-order valence-electron chi connectivity index (χ4n) is 0.952. The predicted octanol–water partition coefficient (Wildman–Crippen LogP) is 3.09. The van der Waals surface area contributed by atoms with E-state index in [1.807, 2.05) is 11.4 Å². The number of thiophene rings is 1. The van der Waals surface area contributed by atoms with Crippen molar-refractivity contribution in [1.82, 2.24) is 5.32 Å². The number of halogens is 1. The van der Waals surface area contributed by atoms with Crippen molar-refractivity contribution in [2.45, 2.75) is 19.4 Å². The monoisotopic (exact) mass is 273 g/mol. The van der Waals surface area contributed by atoms with Crippen molar-refractivity contribution in [2.24, 2.45) is 0 Å². The Morgan fingerprint density at radius 1 is 1.71 bits per heavy atom. The van der Waals surface area contributed by atoms with E-state index < -0.39 is 0 Å². The SMILES string of the molecule is C=CCCC(=O)NCc1sccc1Br. The molecule has 0 fully saturated rings. The highest BCUT2D eigenvalue weighted by molar-refractivity contribution is 9.10. The minimum Gasteiger partial charge on any atom is -0.351 e. The second-order valence-corrected chi connectivity index (χ2v) is 4.65. The Hall–Kier alpha value is -0.610. The molecule has 1 aromatic heterocycles. The minimum absolute atomic E-state index is 0.0743. The summed E-state index contributed by atoms with van der Waals surface area (Å²) in [5, 5.41) is 4.85. The lowest BCUT2D eigenvalue weighted by atomic mass is 10.3. The molecule has 76 valence electrons. The molecule has 2 nitrogen and oxygen atoms in total. The summed E-state index contributed by atoms with van der Waals surface area (Å²) in [6, 6.07) is 1.98. The van der Waals surface area contributed by atoms with E-state index in [9.17, 15) is 4.79 Å². The summed E-state index contributed by atoms with van der Waals surface area (Å²) in [7, 11) is 0. The molecule has 0 aliphatic carbocycles. The molecule has 0 bridgehead atoms. The molecule has 0 saturated heterocycles. The van der Waals surface area contributed by atoms with E-state index in [0.29, 0.717) is 13.0 Å². The molecule has 0 atom stereocenters. The zero-order valence-corrected chi connectivity index (χ0v) is 10.2. The van der Waals surface area contributed by atoms with Gasteiger partial charge in [0.25, 0.3) is 0 Å². The van der Waals surface area contributed by atoms with Crippen LogP contribution in [0.25, 0.3) is 0 Å². The number of rotatable bonds is 5. The van der Waals surface area contributed by atoms with Gasteiger partial charge in [-0.3, -0.25) is 4.79 Å². The second kappa shape index (κ2) is 5.98. The van der Waals surface area contributed by atoms with Crippen LogP contribution in [0.4, 0.5) is 0 Å². The van der Waals surface area contributed by atoms with Crippen LogP contribution in [0.5, 0.6) is 0 Å². The quantitative estimate of drug-likeness (QED) is 0.821. The summed E-state index contributed by atoms with van der Waals surface area (Å²) in [5.74, 6) is 0.0743. The minimum atomic E-state index is 0.0743. The molecule has 4 heteroatoms. The van der Waals surface area contributed by atoms with E-state index in [2.05, 4.69) is 27.8 Å². The first kappa shape index (κ1) is 11.5. The average molecular weight is 274 g/mol. The van der Waals surface area contributed by atoms with Crippen molar-refractivity contribution >= 4 is 33.2 Å². The Kier molecular flexibility index (Phi) is 4.90. The van der Waals surface area contributed by atoms with Gasteiger partial charge in [-0.15, -0.1) is 17.9 Å². The Morgan fingerprint density at radius 3 is 3.07 bits per heavy atom. The number of hydrogen-bond acceptors (Lipinski definition) is 2. The van der Waals surface area contributed by atoms with Crippen molar-refractivity contribution < 1.29 is 4.79 Å². The van der Waals surface area contributed by atoms with Crippen molar-refractivity contribution in [1.29, 1.82) is 0 Å². The molecular formula is C10H12BrNOS. The lowest BCUT2D eigenvalue weighted by molar-refractivity contribution is -0.121. The fourth-order valence-corrected chi connectivity index (χ4v) is 2.38. The first-order valence-corrected chi connectivity index (χ1v) is 6.00. The summed E-state index contributed by atoms with van der Waals surface area (Å²) in [5.41, 5.74) is 0. The van der Waals surface area contributed by atoms with Crippen LogP contribution in [0.1, 0.15) is 17.7 Å². The molecule has 0 saturated carbocycles. The summed E-state index contributed by atoms with van der Waals surface area (Å²) in [6.45, 7) is 4.18. The largest absolute Gasteiger partial charge is 0.351 e.